The number of hydrogen-bond donors (Lipinski definition) is 1. The highest BCUT2D eigenvalue weighted by atomic mass is 35.5. The second-order valence-corrected chi connectivity index (χ2v) is 10.5. The summed E-state index contributed by atoms with van der Waals surface area (Å²) in [7, 11) is -3.43. The standard InChI is InChI=1S/C22H28ClFN2O4S/c1-15-10-18(23)13-26(22(15)27)20(12-25-31(2,28)29)14-30-21-8-6-16(7-9-21)17-4-3-5-19(24)11-17/h3-5,10-11,13,16,20-21,25H,6-9,12,14H2,1-2H3/t16?,20-,21?/m1/s1. The number of sulfonamides is 1. The number of pyridine rings is 1. The Morgan fingerprint density at radius 2 is 1.97 bits per heavy atom. The summed E-state index contributed by atoms with van der Waals surface area (Å²) in [4.78, 5) is 12.6. The molecule has 31 heavy (non-hydrogen) atoms. The van der Waals surface area contributed by atoms with Gasteiger partial charge in [-0.25, -0.2) is 17.5 Å². The molecule has 0 bridgehead atoms. The first-order valence-electron chi connectivity index (χ1n) is 10.3. The van der Waals surface area contributed by atoms with E-state index in [4.69, 9.17) is 16.3 Å². The van der Waals surface area contributed by atoms with Crippen molar-refractivity contribution in [2.45, 2.75) is 50.7 Å². The fraction of sp³-hybridized carbons (Fsp3) is 0.500. The van der Waals surface area contributed by atoms with Crippen LogP contribution < -0.4 is 10.3 Å². The van der Waals surface area contributed by atoms with Gasteiger partial charge in [-0.3, -0.25) is 4.79 Å². The summed E-state index contributed by atoms with van der Waals surface area (Å²) < 4.78 is 46.7. The quantitative estimate of drug-likeness (QED) is 0.636. The lowest BCUT2D eigenvalue weighted by atomic mass is 9.83. The predicted molar refractivity (Wildman–Crippen MR) is 120 cm³/mol. The lowest BCUT2D eigenvalue weighted by Crippen LogP contribution is -2.38. The molecule has 6 nitrogen and oxygen atoms in total. The van der Waals surface area contributed by atoms with Crippen molar-refractivity contribution in [1.29, 1.82) is 0 Å². The van der Waals surface area contributed by atoms with Gasteiger partial charge >= 0.3 is 0 Å². The maximum Gasteiger partial charge on any atom is 0.253 e. The van der Waals surface area contributed by atoms with Gasteiger partial charge in [0.25, 0.3) is 5.56 Å². The van der Waals surface area contributed by atoms with Crippen LogP contribution in [0, 0.1) is 12.7 Å². The van der Waals surface area contributed by atoms with Crippen LogP contribution in [0.5, 0.6) is 0 Å². The second kappa shape index (κ2) is 10.3. The lowest BCUT2D eigenvalue weighted by Gasteiger charge is -2.30. The van der Waals surface area contributed by atoms with E-state index in [0.717, 1.165) is 37.5 Å². The van der Waals surface area contributed by atoms with E-state index in [1.54, 1.807) is 25.1 Å². The summed E-state index contributed by atoms with van der Waals surface area (Å²) in [6.07, 6.45) is 5.99. The molecule has 1 atom stereocenters. The van der Waals surface area contributed by atoms with Gasteiger partial charge in [-0.1, -0.05) is 23.7 Å². The molecule has 1 aromatic heterocycles. The Bertz CT molecular complexity index is 1070. The number of rotatable bonds is 8. The van der Waals surface area contributed by atoms with Crippen LogP contribution >= 0.6 is 11.6 Å². The highest BCUT2D eigenvalue weighted by Crippen LogP contribution is 2.34. The molecule has 1 aliphatic carbocycles. The Hall–Kier alpha value is -1.74. The average Bonchev–Trinajstić information content (AvgIpc) is 2.71. The Labute approximate surface area is 187 Å². The van der Waals surface area contributed by atoms with Gasteiger partial charge in [0.05, 0.1) is 30.0 Å². The van der Waals surface area contributed by atoms with E-state index in [-0.39, 0.29) is 30.6 Å². The van der Waals surface area contributed by atoms with Gasteiger partial charge in [-0.2, -0.15) is 0 Å². The van der Waals surface area contributed by atoms with Gasteiger partial charge in [-0.15, -0.1) is 0 Å². The summed E-state index contributed by atoms with van der Waals surface area (Å²) in [5.74, 6) is 0.0794. The van der Waals surface area contributed by atoms with Crippen molar-refractivity contribution >= 4 is 21.6 Å². The Balaban J connectivity index is 1.65. The van der Waals surface area contributed by atoms with Crippen LogP contribution in [0.1, 0.15) is 48.8 Å². The van der Waals surface area contributed by atoms with Crippen molar-refractivity contribution in [1.82, 2.24) is 9.29 Å². The molecule has 0 saturated heterocycles. The summed E-state index contributed by atoms with van der Waals surface area (Å²) in [5.41, 5.74) is 1.25. The number of ether oxygens (including phenoxy) is 1. The third-order valence-corrected chi connectivity index (χ3v) is 6.58. The molecule has 9 heteroatoms. The first-order valence-corrected chi connectivity index (χ1v) is 12.6. The number of aryl methyl sites for hydroxylation is 1. The van der Waals surface area contributed by atoms with Gasteiger partial charge in [-0.05, 0) is 62.3 Å². The Morgan fingerprint density at radius 1 is 1.26 bits per heavy atom. The Kier molecular flexibility index (Phi) is 7.91. The Morgan fingerprint density at radius 3 is 2.61 bits per heavy atom. The first-order chi connectivity index (χ1) is 14.6. The number of halogens is 2. The minimum Gasteiger partial charge on any atom is -0.376 e. The lowest BCUT2D eigenvalue weighted by molar-refractivity contribution is 0.00734. The van der Waals surface area contributed by atoms with Gasteiger partial charge in [0.1, 0.15) is 5.82 Å². The molecule has 1 fully saturated rings. The topological polar surface area (TPSA) is 77.4 Å². The van der Waals surface area contributed by atoms with Crippen molar-refractivity contribution < 1.29 is 17.5 Å². The largest absolute Gasteiger partial charge is 0.376 e. The zero-order valence-electron chi connectivity index (χ0n) is 17.7. The summed E-state index contributed by atoms with van der Waals surface area (Å²) in [5, 5.41) is 0.400. The molecule has 170 valence electrons. The number of nitrogens with zero attached hydrogens (tertiary/aromatic N) is 1. The zero-order valence-corrected chi connectivity index (χ0v) is 19.3. The highest BCUT2D eigenvalue weighted by Gasteiger charge is 2.25. The minimum atomic E-state index is -3.43. The number of aromatic nitrogens is 1. The molecule has 1 aromatic carbocycles. The maximum atomic E-state index is 13.5. The molecule has 2 aromatic rings. The average molecular weight is 471 g/mol. The van der Waals surface area contributed by atoms with Crippen LogP contribution in [-0.4, -0.2) is 38.5 Å². The number of nitrogens with one attached hydrogen (secondary N) is 1. The van der Waals surface area contributed by atoms with E-state index in [1.165, 1.54) is 16.8 Å². The van der Waals surface area contributed by atoms with Gasteiger partial charge in [0.2, 0.25) is 10.0 Å². The molecule has 0 spiro atoms. The van der Waals surface area contributed by atoms with Crippen LogP contribution in [-0.2, 0) is 14.8 Å². The number of hydrogen-bond acceptors (Lipinski definition) is 4. The van der Waals surface area contributed by atoms with E-state index in [9.17, 15) is 17.6 Å². The third-order valence-electron chi connectivity index (χ3n) is 5.68. The SMILES string of the molecule is Cc1cc(Cl)cn([C@H](CNS(C)(=O)=O)COC2CCC(c3cccc(F)c3)CC2)c1=O. The normalized spacial score (nSPS) is 20.5. The van der Waals surface area contributed by atoms with Crippen molar-refractivity contribution in [3.8, 4) is 0 Å². The monoisotopic (exact) mass is 470 g/mol. The second-order valence-electron chi connectivity index (χ2n) is 8.19. The predicted octanol–water partition coefficient (Wildman–Crippen LogP) is 3.78. The maximum absolute atomic E-state index is 13.5. The molecule has 0 radical (unpaired) electrons. The molecule has 0 amide bonds. The third kappa shape index (κ3) is 6.87. The molecule has 1 aliphatic rings. The molecule has 3 rings (SSSR count). The van der Waals surface area contributed by atoms with Gasteiger partial charge < -0.3 is 9.30 Å². The van der Waals surface area contributed by atoms with E-state index < -0.39 is 16.1 Å². The van der Waals surface area contributed by atoms with Crippen LogP contribution in [0.15, 0.2) is 41.3 Å². The van der Waals surface area contributed by atoms with E-state index >= 15 is 0 Å². The highest BCUT2D eigenvalue weighted by molar-refractivity contribution is 7.88. The molecule has 1 N–H and O–H groups in total. The van der Waals surface area contributed by atoms with Crippen LogP contribution in [0.4, 0.5) is 4.39 Å². The summed E-state index contributed by atoms with van der Waals surface area (Å²) >= 11 is 6.12. The van der Waals surface area contributed by atoms with Crippen LogP contribution in [0.2, 0.25) is 5.02 Å². The van der Waals surface area contributed by atoms with Crippen molar-refractivity contribution in [3.63, 3.8) is 0 Å². The molecule has 1 heterocycles. The molecular weight excluding hydrogens is 443 g/mol. The molecule has 0 unspecified atom stereocenters. The van der Waals surface area contributed by atoms with Crippen molar-refractivity contribution in [3.05, 3.63) is 68.8 Å². The van der Waals surface area contributed by atoms with E-state index in [0.29, 0.717) is 16.5 Å². The molecule has 0 aliphatic heterocycles. The molecule has 1 saturated carbocycles. The van der Waals surface area contributed by atoms with Gasteiger partial charge in [0.15, 0.2) is 0 Å². The minimum absolute atomic E-state index is 0.00141. The molecular formula is C22H28ClFN2O4S. The number of benzene rings is 1. The smallest absolute Gasteiger partial charge is 0.253 e. The van der Waals surface area contributed by atoms with Gasteiger partial charge in [0, 0.05) is 18.3 Å². The fourth-order valence-electron chi connectivity index (χ4n) is 4.03. The first kappa shape index (κ1) is 23.9. The van der Waals surface area contributed by atoms with E-state index in [1.807, 2.05) is 6.07 Å². The van der Waals surface area contributed by atoms with Crippen molar-refractivity contribution in [2.24, 2.45) is 0 Å². The summed E-state index contributed by atoms with van der Waals surface area (Å²) in [6.45, 7) is 1.87. The van der Waals surface area contributed by atoms with Crippen molar-refractivity contribution in [2.75, 3.05) is 19.4 Å². The fourth-order valence-corrected chi connectivity index (χ4v) is 4.79. The summed E-state index contributed by atoms with van der Waals surface area (Å²) in [6, 6.07) is 7.78. The zero-order chi connectivity index (χ0) is 22.6. The van der Waals surface area contributed by atoms with Crippen LogP contribution in [0.3, 0.4) is 0 Å². The van der Waals surface area contributed by atoms with E-state index in [2.05, 4.69) is 4.72 Å². The van der Waals surface area contributed by atoms with Crippen LogP contribution in [0.25, 0.3) is 0 Å².